The lowest BCUT2D eigenvalue weighted by molar-refractivity contribution is -0.146. The summed E-state index contributed by atoms with van der Waals surface area (Å²) in [6, 6.07) is 21.8. The fourth-order valence-corrected chi connectivity index (χ4v) is 7.24. The predicted molar refractivity (Wildman–Crippen MR) is 175 cm³/mol. The first-order valence-electron chi connectivity index (χ1n) is 15.9. The van der Waals surface area contributed by atoms with Crippen molar-refractivity contribution in [3.05, 3.63) is 101 Å². The number of hydrogen-bond acceptors (Lipinski definition) is 7. The lowest BCUT2D eigenvalue weighted by atomic mass is 9.71. The minimum atomic E-state index is -1.63. The third-order valence-electron chi connectivity index (χ3n) is 9.34. The highest BCUT2D eigenvalue weighted by Crippen LogP contribution is 2.58. The molecule has 0 radical (unpaired) electrons. The fraction of sp³-hybridized carbons (Fsp3) is 0.389. The molecular weight excluding hydrogens is 601 g/mol. The molecule has 47 heavy (non-hydrogen) atoms. The lowest BCUT2D eigenvalue weighted by Gasteiger charge is -2.32. The van der Waals surface area contributed by atoms with Gasteiger partial charge in [-0.05, 0) is 68.3 Å². The molecular formula is C36H40FN5O5. The molecule has 2 N–H and O–H groups in total. The summed E-state index contributed by atoms with van der Waals surface area (Å²) in [5.74, 6) is -0.880. The van der Waals surface area contributed by atoms with Crippen LogP contribution in [-0.2, 0) is 34.6 Å². The van der Waals surface area contributed by atoms with Crippen LogP contribution in [0.25, 0.3) is 0 Å². The Morgan fingerprint density at radius 2 is 1.89 bits per heavy atom. The lowest BCUT2D eigenvalue weighted by Crippen LogP contribution is -2.45. The van der Waals surface area contributed by atoms with Crippen LogP contribution in [0.4, 0.5) is 15.8 Å². The summed E-state index contributed by atoms with van der Waals surface area (Å²) in [6.45, 7) is 5.64. The van der Waals surface area contributed by atoms with Crippen molar-refractivity contribution in [3.63, 3.8) is 0 Å². The van der Waals surface area contributed by atoms with Crippen LogP contribution >= 0.6 is 0 Å². The molecule has 4 aromatic rings. The van der Waals surface area contributed by atoms with E-state index in [9.17, 15) is 14.7 Å². The first-order valence-corrected chi connectivity index (χ1v) is 15.9. The van der Waals surface area contributed by atoms with Gasteiger partial charge in [-0.2, -0.15) is 0 Å². The number of aromatic nitrogens is 3. The van der Waals surface area contributed by atoms with Gasteiger partial charge in [-0.1, -0.05) is 42.5 Å². The van der Waals surface area contributed by atoms with Gasteiger partial charge in [0, 0.05) is 54.4 Å². The quantitative estimate of drug-likeness (QED) is 0.228. The summed E-state index contributed by atoms with van der Waals surface area (Å²) in [5, 5.41) is 20.4. The Labute approximate surface area is 273 Å². The normalized spacial score (nSPS) is 22.1. The van der Waals surface area contributed by atoms with E-state index in [1.807, 2.05) is 49.4 Å². The number of hydrogen-bond donors (Lipinski definition) is 2. The highest BCUT2D eigenvalue weighted by atomic mass is 19.1. The molecule has 1 spiro atoms. The Morgan fingerprint density at radius 1 is 1.13 bits per heavy atom. The molecule has 0 saturated carbocycles. The van der Waals surface area contributed by atoms with Crippen LogP contribution in [0.15, 0.2) is 79.0 Å². The number of methoxy groups -OCH3 is 1. The van der Waals surface area contributed by atoms with Crippen LogP contribution < -0.4 is 15.0 Å². The molecule has 1 aromatic heterocycles. The monoisotopic (exact) mass is 641 g/mol. The topological polar surface area (TPSA) is 119 Å². The number of halogens is 1. The molecule has 11 heteroatoms. The van der Waals surface area contributed by atoms with Crippen molar-refractivity contribution < 1.29 is 28.6 Å². The Kier molecular flexibility index (Phi) is 8.86. The second-order valence-electron chi connectivity index (χ2n) is 12.8. The van der Waals surface area contributed by atoms with E-state index in [0.717, 1.165) is 16.8 Å². The molecule has 2 aliphatic rings. The maximum absolute atomic E-state index is 16.0. The summed E-state index contributed by atoms with van der Waals surface area (Å²) in [5.41, 5.74) is 1.03. The summed E-state index contributed by atoms with van der Waals surface area (Å²) in [6.07, 6.45) is 2.03. The number of para-hydroxylation sites is 1. The van der Waals surface area contributed by atoms with Gasteiger partial charge in [-0.3, -0.25) is 14.3 Å². The number of alkyl halides is 1. The van der Waals surface area contributed by atoms with E-state index >= 15 is 4.39 Å². The van der Waals surface area contributed by atoms with E-state index in [1.54, 1.807) is 67.1 Å². The van der Waals surface area contributed by atoms with Crippen molar-refractivity contribution in [1.29, 1.82) is 0 Å². The highest BCUT2D eigenvalue weighted by molar-refractivity contribution is 6.07. The van der Waals surface area contributed by atoms with E-state index in [-0.39, 0.29) is 25.0 Å². The number of aliphatic hydroxyl groups excluding tert-OH is 1. The summed E-state index contributed by atoms with van der Waals surface area (Å²) in [4.78, 5) is 29.2. The number of fused-ring (bicyclic) bond motifs is 2. The number of nitrogens with one attached hydrogen (secondary N) is 1. The molecule has 3 heterocycles. The summed E-state index contributed by atoms with van der Waals surface area (Å²) >= 11 is 0. The predicted octanol–water partition coefficient (Wildman–Crippen LogP) is 5.31. The van der Waals surface area contributed by atoms with Gasteiger partial charge in [0.25, 0.3) is 11.8 Å². The van der Waals surface area contributed by atoms with Gasteiger partial charge >= 0.3 is 0 Å². The van der Waals surface area contributed by atoms with Gasteiger partial charge in [0.15, 0.2) is 5.60 Å². The molecule has 1 saturated heterocycles. The van der Waals surface area contributed by atoms with Crippen molar-refractivity contribution in [3.8, 4) is 5.75 Å². The fourth-order valence-electron chi connectivity index (χ4n) is 7.24. The van der Waals surface area contributed by atoms with E-state index in [1.165, 1.54) is 0 Å². The van der Waals surface area contributed by atoms with Crippen LogP contribution in [0.5, 0.6) is 5.75 Å². The Balaban J connectivity index is 1.25. The molecule has 246 valence electrons. The largest absolute Gasteiger partial charge is 0.497 e. The number of amides is 2. The van der Waals surface area contributed by atoms with Crippen LogP contribution in [0.2, 0.25) is 0 Å². The van der Waals surface area contributed by atoms with Crippen molar-refractivity contribution in [2.75, 3.05) is 23.9 Å². The molecule has 1 fully saturated rings. The molecule has 6 rings (SSSR count). The van der Waals surface area contributed by atoms with Gasteiger partial charge in [0.2, 0.25) is 0 Å². The van der Waals surface area contributed by atoms with Crippen LogP contribution in [-0.4, -0.2) is 57.4 Å². The maximum Gasteiger partial charge on any atom is 0.264 e. The van der Waals surface area contributed by atoms with Gasteiger partial charge in [0.1, 0.15) is 11.4 Å². The minimum absolute atomic E-state index is 0.0246. The van der Waals surface area contributed by atoms with E-state index in [0.29, 0.717) is 42.1 Å². The maximum atomic E-state index is 16.0. The number of benzene rings is 3. The van der Waals surface area contributed by atoms with Crippen LogP contribution in [0, 0.1) is 11.8 Å². The Bertz CT molecular complexity index is 1750. The smallest absolute Gasteiger partial charge is 0.264 e. The zero-order valence-electron chi connectivity index (χ0n) is 27.0. The number of rotatable bonds is 11. The second-order valence-corrected chi connectivity index (χ2v) is 12.8. The SMILES string of the molecule is COc1ccc(C(=O)Nc2cccc(CN3C(=O)[C@]4(O[C@H](CCn5cc(CCO)nn5)[C@@H](C(C)(C)F)[C@@H]4C)c4ccccc43)c2)cc1. The molecule has 2 aliphatic heterocycles. The minimum Gasteiger partial charge on any atom is -0.497 e. The van der Waals surface area contributed by atoms with E-state index in [4.69, 9.17) is 9.47 Å². The number of aliphatic hydroxyl groups is 1. The summed E-state index contributed by atoms with van der Waals surface area (Å²) < 4.78 is 29.7. The molecule has 0 bridgehead atoms. The van der Waals surface area contributed by atoms with Crippen LogP contribution in [0.3, 0.4) is 0 Å². The van der Waals surface area contributed by atoms with Crippen LogP contribution in [0.1, 0.15) is 54.4 Å². The summed E-state index contributed by atoms with van der Waals surface area (Å²) in [7, 11) is 1.57. The van der Waals surface area contributed by atoms with Crippen molar-refractivity contribution >= 4 is 23.2 Å². The van der Waals surface area contributed by atoms with Crippen molar-refractivity contribution in [2.45, 2.75) is 64.1 Å². The van der Waals surface area contributed by atoms with Crippen molar-refractivity contribution in [2.24, 2.45) is 11.8 Å². The number of carbonyl (C=O) groups excluding carboxylic acids is 2. The first-order chi connectivity index (χ1) is 22.5. The second kappa shape index (κ2) is 12.9. The number of anilines is 2. The molecule has 0 aliphatic carbocycles. The van der Waals surface area contributed by atoms with Gasteiger partial charge in [0.05, 0.1) is 31.1 Å². The first kappa shape index (κ1) is 32.3. The molecule has 3 aromatic carbocycles. The van der Waals surface area contributed by atoms with Gasteiger partial charge < -0.3 is 24.8 Å². The van der Waals surface area contributed by atoms with Gasteiger partial charge in [-0.15, -0.1) is 5.10 Å². The zero-order valence-corrected chi connectivity index (χ0v) is 27.0. The molecule has 4 atom stereocenters. The Hall–Kier alpha value is -4.61. The number of carbonyl (C=O) groups is 2. The average molecular weight is 642 g/mol. The van der Waals surface area contributed by atoms with E-state index < -0.39 is 29.2 Å². The number of ether oxygens (including phenoxy) is 2. The highest BCUT2D eigenvalue weighted by Gasteiger charge is 2.66. The third-order valence-corrected chi connectivity index (χ3v) is 9.34. The molecule has 0 unspecified atom stereocenters. The Morgan fingerprint density at radius 3 is 2.62 bits per heavy atom. The molecule has 10 nitrogen and oxygen atoms in total. The van der Waals surface area contributed by atoms with Crippen molar-refractivity contribution in [1.82, 2.24) is 15.0 Å². The van der Waals surface area contributed by atoms with E-state index in [2.05, 4.69) is 15.6 Å². The third kappa shape index (κ3) is 6.13. The average Bonchev–Trinajstić information content (AvgIpc) is 3.70. The standard InChI is InChI=1S/C36H40FN5O5/c1-23-32(35(2,3)37)31(16-18-41-22-27(17-19-43)39-40-41)47-36(23)29-10-5-6-11-30(29)42(34(36)45)21-24-8-7-9-26(20-24)38-33(44)25-12-14-28(46-4)15-13-25/h5-15,20,22-23,31-32,43H,16-19,21H2,1-4H3,(H,38,44)/t23-,31+,32-,36+/m0/s1. The number of aryl methyl sites for hydroxylation is 1. The van der Waals surface area contributed by atoms with Gasteiger partial charge in [-0.25, -0.2) is 4.39 Å². The zero-order chi connectivity index (χ0) is 33.3. The molecule has 2 amide bonds. The number of nitrogens with zero attached hydrogens (tertiary/aromatic N) is 4.